The van der Waals surface area contributed by atoms with E-state index in [1.165, 1.54) is 70.6 Å². The molecule has 3 nitrogen and oxygen atoms in total. The van der Waals surface area contributed by atoms with E-state index in [9.17, 15) is 8.42 Å². The maximum Gasteiger partial charge on any atom is 0.267 e. The third-order valence-electron chi connectivity index (χ3n) is 5.00. The van der Waals surface area contributed by atoms with Gasteiger partial charge >= 0.3 is 0 Å². The van der Waals surface area contributed by atoms with Crippen LogP contribution in [0.4, 0.5) is 0 Å². The van der Waals surface area contributed by atoms with Crippen molar-refractivity contribution in [3.8, 4) is 0 Å². The van der Waals surface area contributed by atoms with Gasteiger partial charge < -0.3 is 0 Å². The van der Waals surface area contributed by atoms with Crippen LogP contribution in [0.3, 0.4) is 0 Å². The smallest absolute Gasteiger partial charge is 0.265 e. The van der Waals surface area contributed by atoms with Crippen LogP contribution in [-0.4, -0.2) is 31.5 Å². The standard InChI is InChI=1S/C23H40O3S.Al.3H/c1-2-3-4-5-6-7-8-9-10-11-12-13-14-18-21-27(24,25)26-22-23-19-16-15-17-20-23;;;;/h15-17,19-20H,2-14,18,21-22H2,1H3;;;;. The average molecular weight is 427 g/mol. The Morgan fingerprint density at radius 3 is 1.57 bits per heavy atom. The zero-order chi connectivity index (χ0) is 19.6. The number of rotatable bonds is 18. The summed E-state index contributed by atoms with van der Waals surface area (Å²) in [6.07, 6.45) is 17.7. The Morgan fingerprint density at radius 1 is 0.679 bits per heavy atom. The van der Waals surface area contributed by atoms with Crippen LogP contribution >= 0.6 is 0 Å². The van der Waals surface area contributed by atoms with Crippen molar-refractivity contribution < 1.29 is 12.6 Å². The van der Waals surface area contributed by atoms with Crippen molar-refractivity contribution in [3.63, 3.8) is 0 Å². The van der Waals surface area contributed by atoms with Crippen molar-refractivity contribution >= 4 is 27.5 Å². The van der Waals surface area contributed by atoms with Gasteiger partial charge in [-0.05, 0) is 12.0 Å². The first-order valence-corrected chi connectivity index (χ1v) is 12.6. The molecule has 0 unspecified atom stereocenters. The van der Waals surface area contributed by atoms with Crippen molar-refractivity contribution in [2.45, 2.75) is 103 Å². The number of hydrogen-bond donors (Lipinski definition) is 0. The molecule has 162 valence electrons. The summed E-state index contributed by atoms with van der Waals surface area (Å²) < 4.78 is 28.9. The molecule has 1 rings (SSSR count). The third kappa shape index (κ3) is 16.6. The highest BCUT2D eigenvalue weighted by atomic mass is 32.2. The second-order valence-electron chi connectivity index (χ2n) is 7.61. The fourth-order valence-corrected chi connectivity index (χ4v) is 4.26. The van der Waals surface area contributed by atoms with Crippen LogP contribution in [0.25, 0.3) is 0 Å². The molecule has 0 bridgehead atoms. The minimum absolute atomic E-state index is 0. The van der Waals surface area contributed by atoms with Crippen LogP contribution in [0, 0.1) is 0 Å². The van der Waals surface area contributed by atoms with Gasteiger partial charge in [-0.1, -0.05) is 121 Å². The Morgan fingerprint density at radius 2 is 1.11 bits per heavy atom. The van der Waals surface area contributed by atoms with Crippen molar-refractivity contribution in [2.24, 2.45) is 0 Å². The molecule has 0 spiro atoms. The van der Waals surface area contributed by atoms with Crippen LogP contribution < -0.4 is 0 Å². The SMILES string of the molecule is CCCCCCCCCCCCCCCCS(=O)(=O)OCc1ccccc1.[AlH3]. The van der Waals surface area contributed by atoms with Gasteiger partial charge in [-0.25, -0.2) is 0 Å². The summed E-state index contributed by atoms with van der Waals surface area (Å²) in [6, 6.07) is 9.44. The Labute approximate surface area is 184 Å². The lowest BCUT2D eigenvalue weighted by atomic mass is 10.0. The summed E-state index contributed by atoms with van der Waals surface area (Å²) >= 11 is 0. The summed E-state index contributed by atoms with van der Waals surface area (Å²) in [4.78, 5) is 0. The van der Waals surface area contributed by atoms with E-state index >= 15 is 0 Å². The van der Waals surface area contributed by atoms with Gasteiger partial charge in [0.1, 0.15) is 0 Å². The predicted octanol–water partition coefficient (Wildman–Crippen LogP) is 5.83. The highest BCUT2D eigenvalue weighted by Gasteiger charge is 2.10. The summed E-state index contributed by atoms with van der Waals surface area (Å²) in [5.74, 6) is 0.137. The zero-order valence-electron chi connectivity index (χ0n) is 17.3. The molecule has 28 heavy (non-hydrogen) atoms. The van der Waals surface area contributed by atoms with Crippen LogP contribution in [-0.2, 0) is 20.9 Å². The van der Waals surface area contributed by atoms with Crippen molar-refractivity contribution in [3.05, 3.63) is 35.9 Å². The number of unbranched alkanes of at least 4 members (excludes halogenated alkanes) is 13. The summed E-state index contributed by atoms with van der Waals surface area (Å²) in [5, 5.41) is 0. The van der Waals surface area contributed by atoms with E-state index in [-0.39, 0.29) is 29.7 Å². The van der Waals surface area contributed by atoms with Crippen molar-refractivity contribution in [1.82, 2.24) is 0 Å². The molecule has 1 aromatic carbocycles. The molecule has 0 atom stereocenters. The predicted molar refractivity (Wildman–Crippen MR) is 125 cm³/mol. The molecule has 0 amide bonds. The lowest BCUT2D eigenvalue weighted by Crippen LogP contribution is -2.10. The Kier molecular flexibility index (Phi) is 18.5. The first-order valence-electron chi connectivity index (χ1n) is 11.0. The highest BCUT2D eigenvalue weighted by Crippen LogP contribution is 2.13. The Balaban J connectivity index is 0.00000729. The third-order valence-corrected chi connectivity index (χ3v) is 6.26. The van der Waals surface area contributed by atoms with E-state index in [0.29, 0.717) is 6.42 Å². The van der Waals surface area contributed by atoms with E-state index in [4.69, 9.17) is 4.18 Å². The maximum absolute atomic E-state index is 11.9. The summed E-state index contributed by atoms with van der Waals surface area (Å²) in [5.41, 5.74) is 0.891. The van der Waals surface area contributed by atoms with E-state index in [0.717, 1.165) is 18.4 Å². The van der Waals surface area contributed by atoms with E-state index in [1.54, 1.807) is 0 Å². The maximum atomic E-state index is 11.9. The Bertz CT molecular complexity index is 546. The fraction of sp³-hybridized carbons (Fsp3) is 0.739. The highest BCUT2D eigenvalue weighted by molar-refractivity contribution is 7.86. The van der Waals surface area contributed by atoms with Gasteiger partial charge in [-0.15, -0.1) is 0 Å². The zero-order valence-corrected chi connectivity index (χ0v) is 18.1. The normalized spacial score (nSPS) is 11.3. The fourth-order valence-electron chi connectivity index (χ4n) is 3.26. The molecule has 0 fully saturated rings. The van der Waals surface area contributed by atoms with Gasteiger partial charge in [0.15, 0.2) is 17.4 Å². The molecule has 0 radical (unpaired) electrons. The average Bonchev–Trinajstić information content (AvgIpc) is 2.67. The van der Waals surface area contributed by atoms with Crippen LogP contribution in [0.1, 0.15) is 102 Å². The topological polar surface area (TPSA) is 43.4 Å². The molecule has 0 aliphatic heterocycles. The molecule has 0 aliphatic carbocycles. The monoisotopic (exact) mass is 426 g/mol. The summed E-state index contributed by atoms with van der Waals surface area (Å²) in [7, 11) is -3.40. The number of benzene rings is 1. The molecule has 1 aromatic rings. The lowest BCUT2D eigenvalue weighted by molar-refractivity contribution is 0.307. The molecule has 0 saturated carbocycles. The molecule has 0 aliphatic rings. The van der Waals surface area contributed by atoms with Crippen molar-refractivity contribution in [2.75, 3.05) is 5.75 Å². The van der Waals surface area contributed by atoms with Gasteiger partial charge in [-0.3, -0.25) is 4.18 Å². The van der Waals surface area contributed by atoms with Gasteiger partial charge in [0.2, 0.25) is 0 Å². The van der Waals surface area contributed by atoms with Crippen molar-refractivity contribution in [1.29, 1.82) is 0 Å². The first-order chi connectivity index (χ1) is 13.1. The van der Waals surface area contributed by atoms with E-state index < -0.39 is 10.1 Å². The van der Waals surface area contributed by atoms with Gasteiger partial charge in [0, 0.05) is 0 Å². The van der Waals surface area contributed by atoms with Gasteiger partial charge in [0.05, 0.1) is 12.4 Å². The summed E-state index contributed by atoms with van der Waals surface area (Å²) in [6.45, 7) is 2.40. The van der Waals surface area contributed by atoms with Crippen LogP contribution in [0.15, 0.2) is 30.3 Å². The largest absolute Gasteiger partial charge is 0.267 e. The van der Waals surface area contributed by atoms with Crippen LogP contribution in [0.5, 0.6) is 0 Å². The molecular formula is C23H43AlO3S. The minimum atomic E-state index is -3.40. The quantitative estimate of drug-likeness (QED) is 0.168. The molecular weight excluding hydrogens is 383 g/mol. The molecule has 0 saturated heterocycles. The molecule has 5 heteroatoms. The molecule has 0 N–H and O–H groups in total. The first kappa shape index (κ1) is 27.7. The number of hydrogen-bond acceptors (Lipinski definition) is 3. The van der Waals surface area contributed by atoms with Crippen LogP contribution in [0.2, 0.25) is 0 Å². The molecule has 0 heterocycles. The van der Waals surface area contributed by atoms with E-state index in [2.05, 4.69) is 6.92 Å². The Hall–Kier alpha value is -0.338. The minimum Gasteiger partial charge on any atom is -0.265 e. The molecule has 0 aromatic heterocycles. The van der Waals surface area contributed by atoms with E-state index in [1.807, 2.05) is 30.3 Å². The van der Waals surface area contributed by atoms with Gasteiger partial charge in [0.25, 0.3) is 10.1 Å². The lowest BCUT2D eigenvalue weighted by Gasteiger charge is -2.06. The second-order valence-corrected chi connectivity index (χ2v) is 9.37. The van der Waals surface area contributed by atoms with Gasteiger partial charge in [-0.2, -0.15) is 8.42 Å². The second kappa shape index (κ2) is 18.7.